The predicted molar refractivity (Wildman–Crippen MR) is 101 cm³/mol. The maximum atomic E-state index is 13.5. The Balaban J connectivity index is 1.81. The molecule has 1 aromatic carbocycles. The van der Waals surface area contributed by atoms with E-state index in [1.165, 1.54) is 6.07 Å². The minimum atomic E-state index is -4.82. The summed E-state index contributed by atoms with van der Waals surface area (Å²) in [5.74, 6) is 4.52. The Morgan fingerprint density at radius 3 is 2.45 bits per heavy atom. The lowest BCUT2D eigenvalue weighted by molar-refractivity contribution is -0.139. The zero-order valence-corrected chi connectivity index (χ0v) is 15.3. The fraction of sp³-hybridized carbons (Fsp3) is 0.118. The van der Waals surface area contributed by atoms with Gasteiger partial charge in [-0.3, -0.25) is 0 Å². The van der Waals surface area contributed by atoms with Gasteiger partial charge in [0.2, 0.25) is 5.95 Å². The highest BCUT2D eigenvalue weighted by atomic mass is 35.5. The van der Waals surface area contributed by atoms with E-state index in [1.54, 1.807) is 18.3 Å². The zero-order valence-electron chi connectivity index (χ0n) is 14.6. The van der Waals surface area contributed by atoms with Gasteiger partial charge in [0.15, 0.2) is 0 Å². The summed E-state index contributed by atoms with van der Waals surface area (Å²) < 4.78 is 52.1. The second-order valence-corrected chi connectivity index (χ2v) is 6.15. The van der Waals surface area contributed by atoms with Gasteiger partial charge in [-0.2, -0.15) is 23.1 Å². The topological polar surface area (TPSA) is 101 Å². The molecule has 0 bridgehead atoms. The van der Waals surface area contributed by atoms with Gasteiger partial charge < -0.3 is 16.1 Å². The Kier molecular flexibility index (Phi) is 5.99. The second-order valence-electron chi connectivity index (χ2n) is 5.77. The van der Waals surface area contributed by atoms with E-state index in [4.69, 9.17) is 17.4 Å². The zero-order chi connectivity index (χ0) is 21.0. The molecule has 0 aliphatic rings. The molecule has 3 aromatic rings. The van der Waals surface area contributed by atoms with E-state index in [0.29, 0.717) is 17.8 Å². The molecule has 0 aliphatic carbocycles. The van der Waals surface area contributed by atoms with Crippen LogP contribution in [0.15, 0.2) is 42.6 Å². The molecule has 0 amide bonds. The van der Waals surface area contributed by atoms with Crippen molar-refractivity contribution in [2.45, 2.75) is 12.7 Å². The van der Waals surface area contributed by atoms with Crippen LogP contribution in [0, 0.1) is 5.82 Å². The van der Waals surface area contributed by atoms with Gasteiger partial charge in [-0.05, 0) is 29.8 Å². The first-order chi connectivity index (χ1) is 13.7. The van der Waals surface area contributed by atoms with Gasteiger partial charge in [0.25, 0.3) is 0 Å². The number of hydrogen-bond acceptors (Lipinski definition) is 7. The third-order valence-electron chi connectivity index (χ3n) is 3.66. The number of hydrogen-bond donors (Lipinski definition) is 4. The normalized spacial score (nSPS) is 11.2. The van der Waals surface area contributed by atoms with Gasteiger partial charge in [-0.15, -0.1) is 0 Å². The Morgan fingerprint density at radius 2 is 1.79 bits per heavy atom. The molecule has 0 spiro atoms. The number of alkyl halides is 3. The van der Waals surface area contributed by atoms with Crippen molar-refractivity contribution in [3.8, 4) is 0 Å². The Morgan fingerprint density at radius 1 is 1.03 bits per heavy atom. The third kappa shape index (κ3) is 5.42. The number of nitrogens with two attached hydrogens (primary N) is 1. The van der Waals surface area contributed by atoms with E-state index in [9.17, 15) is 17.6 Å². The van der Waals surface area contributed by atoms with Crippen molar-refractivity contribution in [2.75, 3.05) is 16.1 Å². The van der Waals surface area contributed by atoms with Gasteiger partial charge in [-0.25, -0.2) is 15.2 Å². The molecule has 12 heteroatoms. The summed E-state index contributed by atoms with van der Waals surface area (Å²) in [4.78, 5) is 12.2. The van der Waals surface area contributed by atoms with Gasteiger partial charge in [0.1, 0.15) is 22.6 Å². The molecule has 152 valence electrons. The molecule has 0 atom stereocenters. The van der Waals surface area contributed by atoms with Gasteiger partial charge in [0.05, 0.1) is 5.56 Å². The summed E-state index contributed by atoms with van der Waals surface area (Å²) in [6.45, 7) is 0.312. The molecule has 2 heterocycles. The number of rotatable bonds is 6. The number of hydrazine groups is 1. The Hall–Kier alpha value is -3.18. The SMILES string of the molecule is NNc1cc(Nc2ccc(F)c(C(F)(F)F)c2)nc(NCc2ccc(Cl)nc2)n1. The van der Waals surface area contributed by atoms with Crippen LogP contribution in [-0.4, -0.2) is 15.0 Å². The van der Waals surface area contributed by atoms with E-state index >= 15 is 0 Å². The van der Waals surface area contributed by atoms with Crippen LogP contribution in [-0.2, 0) is 12.7 Å². The summed E-state index contributed by atoms with van der Waals surface area (Å²) in [6, 6.07) is 7.29. The fourth-order valence-corrected chi connectivity index (χ4v) is 2.44. The van der Waals surface area contributed by atoms with Crippen molar-refractivity contribution in [3.05, 3.63) is 64.7 Å². The van der Waals surface area contributed by atoms with Crippen LogP contribution in [0.5, 0.6) is 0 Å². The van der Waals surface area contributed by atoms with Crippen LogP contribution in [0.1, 0.15) is 11.1 Å². The highest BCUT2D eigenvalue weighted by molar-refractivity contribution is 6.29. The minimum absolute atomic E-state index is 0.00625. The second kappa shape index (κ2) is 8.45. The molecule has 29 heavy (non-hydrogen) atoms. The summed E-state index contributed by atoms with van der Waals surface area (Å²) in [5, 5.41) is 5.98. The summed E-state index contributed by atoms with van der Waals surface area (Å²) >= 11 is 5.73. The van der Waals surface area contributed by atoms with E-state index < -0.39 is 17.6 Å². The standard InChI is InChI=1S/C17H14ClF4N7/c18-13-4-1-9(7-24-13)8-25-16-27-14(6-15(28-16)29-23)26-10-2-3-12(19)11(5-10)17(20,21)22/h1-7H,8,23H2,(H3,25,26,27,28,29). The summed E-state index contributed by atoms with van der Waals surface area (Å²) in [6.07, 6.45) is -3.26. The maximum absolute atomic E-state index is 13.5. The molecular weight excluding hydrogens is 414 g/mol. The number of pyridine rings is 1. The first-order valence-corrected chi connectivity index (χ1v) is 8.46. The van der Waals surface area contributed by atoms with Gasteiger partial charge >= 0.3 is 6.18 Å². The predicted octanol–water partition coefficient (Wildman–Crippen LogP) is 4.32. The van der Waals surface area contributed by atoms with Crippen LogP contribution in [0.4, 0.5) is 40.8 Å². The molecule has 5 N–H and O–H groups in total. The van der Waals surface area contributed by atoms with Crippen molar-refractivity contribution in [2.24, 2.45) is 5.84 Å². The van der Waals surface area contributed by atoms with Gasteiger partial charge in [-0.1, -0.05) is 17.7 Å². The molecular formula is C17H14ClF4N7. The van der Waals surface area contributed by atoms with Crippen LogP contribution in [0.3, 0.4) is 0 Å². The van der Waals surface area contributed by atoms with Crippen LogP contribution in [0.25, 0.3) is 0 Å². The maximum Gasteiger partial charge on any atom is 0.419 e. The minimum Gasteiger partial charge on any atom is -0.350 e. The van der Waals surface area contributed by atoms with Crippen molar-refractivity contribution < 1.29 is 17.6 Å². The number of nitrogens with one attached hydrogen (secondary N) is 3. The third-order valence-corrected chi connectivity index (χ3v) is 3.88. The molecule has 0 aliphatic heterocycles. The molecule has 0 saturated heterocycles. The first kappa shape index (κ1) is 20.6. The van der Waals surface area contributed by atoms with Gasteiger partial charge in [0, 0.05) is 24.5 Å². The average Bonchev–Trinajstić information content (AvgIpc) is 2.68. The highest BCUT2D eigenvalue weighted by Gasteiger charge is 2.34. The van der Waals surface area contributed by atoms with Crippen LogP contribution >= 0.6 is 11.6 Å². The first-order valence-electron chi connectivity index (χ1n) is 8.08. The van der Waals surface area contributed by atoms with Crippen molar-refractivity contribution in [1.82, 2.24) is 15.0 Å². The molecule has 0 saturated carbocycles. The molecule has 3 rings (SSSR count). The van der Waals surface area contributed by atoms with E-state index in [1.807, 2.05) is 0 Å². The van der Waals surface area contributed by atoms with Crippen LogP contribution < -0.4 is 21.9 Å². The number of nitrogen functional groups attached to an aromatic ring is 1. The number of nitrogens with zero attached hydrogens (tertiary/aromatic N) is 3. The number of aromatic nitrogens is 3. The summed E-state index contributed by atoms with van der Waals surface area (Å²) in [7, 11) is 0. The molecule has 0 radical (unpaired) electrons. The Labute approximate surface area is 167 Å². The van der Waals surface area contributed by atoms with Crippen molar-refractivity contribution >= 4 is 34.9 Å². The highest BCUT2D eigenvalue weighted by Crippen LogP contribution is 2.33. The quantitative estimate of drug-likeness (QED) is 0.201. The smallest absolute Gasteiger partial charge is 0.350 e. The fourth-order valence-electron chi connectivity index (χ4n) is 2.32. The number of benzene rings is 1. The molecule has 7 nitrogen and oxygen atoms in total. The monoisotopic (exact) mass is 427 g/mol. The number of halogens is 5. The largest absolute Gasteiger partial charge is 0.419 e. The average molecular weight is 428 g/mol. The van der Waals surface area contributed by atoms with Crippen molar-refractivity contribution in [3.63, 3.8) is 0 Å². The lowest BCUT2D eigenvalue weighted by atomic mass is 10.2. The Bertz CT molecular complexity index is 996. The van der Waals surface area contributed by atoms with Crippen molar-refractivity contribution in [1.29, 1.82) is 0 Å². The van der Waals surface area contributed by atoms with Crippen LogP contribution in [0.2, 0.25) is 5.15 Å². The lowest BCUT2D eigenvalue weighted by Crippen LogP contribution is -2.13. The van der Waals surface area contributed by atoms with E-state index in [0.717, 1.165) is 17.7 Å². The molecule has 2 aromatic heterocycles. The summed E-state index contributed by atoms with van der Waals surface area (Å²) in [5.41, 5.74) is 1.75. The van der Waals surface area contributed by atoms with E-state index in [2.05, 4.69) is 31.0 Å². The number of anilines is 4. The molecule has 0 fully saturated rings. The molecule has 0 unspecified atom stereocenters. The van der Waals surface area contributed by atoms with E-state index in [-0.39, 0.29) is 23.3 Å². The lowest BCUT2D eigenvalue weighted by Gasteiger charge is -2.13.